The van der Waals surface area contributed by atoms with E-state index in [4.69, 9.17) is 14.2 Å². The maximum atomic E-state index is 11.8. The molecule has 0 bridgehead atoms. The molecule has 29 heavy (non-hydrogen) atoms. The second-order valence-electron chi connectivity index (χ2n) is 7.46. The van der Waals surface area contributed by atoms with Gasteiger partial charge in [-0.1, -0.05) is 6.07 Å². The van der Waals surface area contributed by atoms with E-state index in [9.17, 15) is 14.4 Å². The Bertz CT molecular complexity index is 914. The van der Waals surface area contributed by atoms with Crippen molar-refractivity contribution in [1.29, 1.82) is 0 Å². The monoisotopic (exact) mass is 404 g/mol. The molecule has 0 radical (unpaired) electrons. The molecule has 1 aromatic heterocycles. The Hall–Kier alpha value is -3.03. The van der Waals surface area contributed by atoms with Gasteiger partial charge in [-0.05, 0) is 58.2 Å². The van der Waals surface area contributed by atoms with Crippen molar-refractivity contribution in [3.8, 4) is 5.75 Å². The predicted molar refractivity (Wildman–Crippen MR) is 109 cm³/mol. The molecule has 158 valence electrons. The highest BCUT2D eigenvalue weighted by atomic mass is 16.6. The van der Waals surface area contributed by atoms with Gasteiger partial charge in [0, 0.05) is 18.0 Å². The molecule has 2 N–H and O–H groups in total. The number of hydrogen-bond donors (Lipinski definition) is 2. The molecule has 0 fully saturated rings. The van der Waals surface area contributed by atoms with Crippen molar-refractivity contribution in [2.45, 2.75) is 46.1 Å². The number of rotatable bonds is 8. The highest BCUT2D eigenvalue weighted by Crippen LogP contribution is 2.26. The van der Waals surface area contributed by atoms with Gasteiger partial charge in [0.1, 0.15) is 11.4 Å². The lowest BCUT2D eigenvalue weighted by Gasteiger charge is -2.19. The van der Waals surface area contributed by atoms with Crippen molar-refractivity contribution in [3.63, 3.8) is 0 Å². The molecule has 8 heteroatoms. The minimum Gasteiger partial charge on any atom is -0.480 e. The summed E-state index contributed by atoms with van der Waals surface area (Å²) in [4.78, 5) is 37.8. The Morgan fingerprint density at radius 3 is 2.59 bits per heavy atom. The number of amides is 1. The number of hydrogen-bond acceptors (Lipinski definition) is 6. The molecule has 0 unspecified atom stereocenters. The van der Waals surface area contributed by atoms with Crippen LogP contribution in [0.2, 0.25) is 0 Å². The lowest BCUT2D eigenvalue weighted by molar-refractivity contribution is -0.145. The first kappa shape index (κ1) is 22.3. The minimum absolute atomic E-state index is 0.237. The van der Waals surface area contributed by atoms with E-state index in [2.05, 4.69) is 10.3 Å². The molecule has 0 aliphatic heterocycles. The van der Waals surface area contributed by atoms with Crippen LogP contribution in [0.1, 0.15) is 39.7 Å². The Morgan fingerprint density at radius 1 is 1.14 bits per heavy atom. The van der Waals surface area contributed by atoms with Crippen molar-refractivity contribution < 1.29 is 23.8 Å². The van der Waals surface area contributed by atoms with Crippen LogP contribution in [-0.4, -0.2) is 42.4 Å². The van der Waals surface area contributed by atoms with E-state index >= 15 is 0 Å². The molecule has 1 heterocycles. The second kappa shape index (κ2) is 9.95. The molecule has 2 rings (SSSR count). The summed E-state index contributed by atoms with van der Waals surface area (Å²) in [6, 6.07) is 6.77. The number of ether oxygens (including phenoxy) is 3. The van der Waals surface area contributed by atoms with Gasteiger partial charge >= 0.3 is 12.1 Å². The first-order valence-electron chi connectivity index (χ1n) is 9.60. The maximum absolute atomic E-state index is 11.8. The lowest BCUT2D eigenvalue weighted by Crippen LogP contribution is -2.33. The van der Waals surface area contributed by atoms with Gasteiger partial charge < -0.3 is 24.5 Å². The number of pyridine rings is 1. The summed E-state index contributed by atoms with van der Waals surface area (Å²) >= 11 is 0. The fraction of sp³-hybridized carbons (Fsp3) is 0.476. The fourth-order valence-electron chi connectivity index (χ4n) is 2.75. The van der Waals surface area contributed by atoms with Crippen molar-refractivity contribution in [3.05, 3.63) is 40.2 Å². The Morgan fingerprint density at radius 2 is 1.90 bits per heavy atom. The van der Waals surface area contributed by atoms with E-state index < -0.39 is 17.7 Å². The SMILES string of the molecule is CCOC(=O)COc1ccc(CCCNC(=O)OC(C)(C)C)c2ccc(=O)[nH]c12. The summed E-state index contributed by atoms with van der Waals surface area (Å²) in [6.07, 6.45) is 0.918. The van der Waals surface area contributed by atoms with Crippen molar-refractivity contribution >= 4 is 23.0 Å². The van der Waals surface area contributed by atoms with E-state index in [0.29, 0.717) is 30.7 Å². The van der Waals surface area contributed by atoms with Crippen LogP contribution < -0.4 is 15.6 Å². The quantitative estimate of drug-likeness (QED) is 0.517. The van der Waals surface area contributed by atoms with Gasteiger partial charge in [0.2, 0.25) is 5.56 Å². The van der Waals surface area contributed by atoms with Crippen LogP contribution in [0.4, 0.5) is 4.79 Å². The zero-order valence-corrected chi connectivity index (χ0v) is 17.3. The summed E-state index contributed by atoms with van der Waals surface area (Å²) in [5, 5.41) is 3.55. The van der Waals surface area contributed by atoms with Gasteiger partial charge in [0.05, 0.1) is 12.1 Å². The molecular weight excluding hydrogens is 376 g/mol. The summed E-state index contributed by atoms with van der Waals surface area (Å²) < 4.78 is 15.6. The summed E-state index contributed by atoms with van der Waals surface area (Å²) in [7, 11) is 0. The second-order valence-corrected chi connectivity index (χ2v) is 7.46. The Kier molecular flexibility index (Phi) is 7.64. The number of alkyl carbamates (subject to hydrolysis) is 1. The standard InChI is InChI=1S/C21H28N2O6/c1-5-27-18(25)13-28-16-10-8-14(15-9-11-17(24)23-19(15)16)7-6-12-22-20(26)29-21(2,3)4/h8-11H,5-7,12-13H2,1-4H3,(H,22,26)(H,23,24). The zero-order chi connectivity index (χ0) is 21.4. The fourth-order valence-corrected chi connectivity index (χ4v) is 2.75. The van der Waals surface area contributed by atoms with Crippen LogP contribution in [0.3, 0.4) is 0 Å². The molecule has 8 nitrogen and oxygen atoms in total. The number of carbonyl (C=O) groups excluding carboxylic acids is 2. The number of esters is 1. The van der Waals surface area contributed by atoms with Crippen LogP contribution in [0, 0.1) is 0 Å². The topological polar surface area (TPSA) is 107 Å². The van der Waals surface area contributed by atoms with Crippen molar-refractivity contribution in [2.24, 2.45) is 0 Å². The smallest absolute Gasteiger partial charge is 0.407 e. The van der Waals surface area contributed by atoms with Crippen LogP contribution in [-0.2, 0) is 20.7 Å². The third-order valence-electron chi connectivity index (χ3n) is 3.89. The molecule has 1 aromatic carbocycles. The van der Waals surface area contributed by atoms with E-state index in [-0.39, 0.29) is 18.8 Å². The minimum atomic E-state index is -0.536. The predicted octanol–water partition coefficient (Wildman–Crippen LogP) is 2.93. The van der Waals surface area contributed by atoms with Crippen molar-refractivity contribution in [2.75, 3.05) is 19.8 Å². The summed E-state index contributed by atoms with van der Waals surface area (Å²) in [6.45, 7) is 7.65. The first-order chi connectivity index (χ1) is 13.7. The van der Waals surface area contributed by atoms with Crippen LogP contribution in [0.15, 0.2) is 29.1 Å². The largest absolute Gasteiger partial charge is 0.480 e. The number of benzene rings is 1. The number of aromatic amines is 1. The first-order valence-corrected chi connectivity index (χ1v) is 9.60. The van der Waals surface area contributed by atoms with E-state index in [1.54, 1.807) is 19.1 Å². The van der Waals surface area contributed by atoms with E-state index in [1.165, 1.54) is 6.07 Å². The molecule has 0 saturated carbocycles. The Balaban J connectivity index is 2.05. The van der Waals surface area contributed by atoms with Gasteiger partial charge in [-0.2, -0.15) is 0 Å². The number of aromatic nitrogens is 1. The van der Waals surface area contributed by atoms with Gasteiger partial charge in [0.25, 0.3) is 0 Å². The third kappa shape index (κ3) is 7.14. The normalized spacial score (nSPS) is 11.2. The molecule has 0 saturated heterocycles. The highest BCUT2D eigenvalue weighted by molar-refractivity contribution is 5.87. The maximum Gasteiger partial charge on any atom is 0.407 e. The molecule has 0 spiro atoms. The van der Waals surface area contributed by atoms with Crippen molar-refractivity contribution in [1.82, 2.24) is 10.3 Å². The third-order valence-corrected chi connectivity index (χ3v) is 3.89. The van der Waals surface area contributed by atoms with Crippen LogP contribution in [0.5, 0.6) is 5.75 Å². The molecule has 0 atom stereocenters. The highest BCUT2D eigenvalue weighted by Gasteiger charge is 2.15. The summed E-state index contributed by atoms with van der Waals surface area (Å²) in [5.41, 5.74) is 0.721. The summed E-state index contributed by atoms with van der Waals surface area (Å²) in [5.74, 6) is -0.0717. The molecular formula is C21H28N2O6. The average molecular weight is 404 g/mol. The van der Waals surface area contributed by atoms with Crippen LogP contribution in [0.25, 0.3) is 10.9 Å². The van der Waals surface area contributed by atoms with Gasteiger partial charge in [0.15, 0.2) is 6.61 Å². The zero-order valence-electron chi connectivity index (χ0n) is 17.3. The molecule has 0 aliphatic carbocycles. The van der Waals surface area contributed by atoms with Gasteiger partial charge in [-0.25, -0.2) is 9.59 Å². The molecule has 0 aliphatic rings. The Labute approximate surface area is 169 Å². The van der Waals surface area contributed by atoms with Crippen LogP contribution >= 0.6 is 0 Å². The molecule has 2 aromatic rings. The number of nitrogens with one attached hydrogen (secondary N) is 2. The number of aryl methyl sites for hydroxylation is 1. The lowest BCUT2D eigenvalue weighted by atomic mass is 10.0. The van der Waals surface area contributed by atoms with E-state index in [1.807, 2.05) is 26.8 Å². The number of fused-ring (bicyclic) bond motifs is 1. The van der Waals surface area contributed by atoms with Gasteiger partial charge in [-0.15, -0.1) is 0 Å². The molecule has 1 amide bonds. The number of H-pyrrole nitrogens is 1. The number of carbonyl (C=O) groups is 2. The van der Waals surface area contributed by atoms with Gasteiger partial charge in [-0.3, -0.25) is 4.79 Å². The van der Waals surface area contributed by atoms with E-state index in [0.717, 1.165) is 10.9 Å². The average Bonchev–Trinajstić information content (AvgIpc) is 2.62.